The van der Waals surface area contributed by atoms with Crippen LogP contribution in [0.1, 0.15) is 36.1 Å². The number of nitrogens with one attached hydrogen (secondary N) is 2. The van der Waals surface area contributed by atoms with Crippen molar-refractivity contribution < 1.29 is 9.90 Å². The number of urea groups is 1. The number of pyridine rings is 1. The predicted molar refractivity (Wildman–Crippen MR) is 119 cm³/mol. The van der Waals surface area contributed by atoms with Crippen molar-refractivity contribution in [3.05, 3.63) is 92.9 Å². The highest BCUT2D eigenvalue weighted by atomic mass is 35.5. The van der Waals surface area contributed by atoms with Crippen molar-refractivity contribution in [2.75, 3.05) is 5.32 Å². The van der Waals surface area contributed by atoms with Gasteiger partial charge in [0.1, 0.15) is 5.75 Å². The lowest BCUT2D eigenvalue weighted by Gasteiger charge is -2.18. The molecule has 1 atom stereocenters. The summed E-state index contributed by atoms with van der Waals surface area (Å²) in [5.74, 6) is -0.297. The summed E-state index contributed by atoms with van der Waals surface area (Å²) < 4.78 is 1.38. The van der Waals surface area contributed by atoms with E-state index in [2.05, 4.69) is 10.6 Å². The molecular formula is C23H24ClN3O3. The van der Waals surface area contributed by atoms with Gasteiger partial charge in [-0.3, -0.25) is 4.79 Å². The highest BCUT2D eigenvalue weighted by Gasteiger charge is 2.17. The average molecular weight is 426 g/mol. The summed E-state index contributed by atoms with van der Waals surface area (Å²) in [6.45, 7) is 4.17. The van der Waals surface area contributed by atoms with Crippen LogP contribution in [-0.4, -0.2) is 15.7 Å². The van der Waals surface area contributed by atoms with Crippen LogP contribution in [0.3, 0.4) is 0 Å². The molecule has 0 radical (unpaired) electrons. The molecule has 3 N–H and O–H groups in total. The SMILES string of the molecule is CC[C@H](NC(=O)Nc1c(O)ccn(Cc2ccccc2Cl)c1=O)c1ccc(C)cc1. The van der Waals surface area contributed by atoms with Gasteiger partial charge in [-0.2, -0.15) is 0 Å². The Morgan fingerprint density at radius 2 is 1.83 bits per heavy atom. The van der Waals surface area contributed by atoms with E-state index in [-0.39, 0.29) is 24.0 Å². The average Bonchev–Trinajstić information content (AvgIpc) is 2.73. The zero-order chi connectivity index (χ0) is 21.7. The Labute approximate surface area is 180 Å². The third-order valence-electron chi connectivity index (χ3n) is 4.87. The third-order valence-corrected chi connectivity index (χ3v) is 5.24. The summed E-state index contributed by atoms with van der Waals surface area (Å²) in [6.07, 6.45) is 2.14. The molecule has 2 aromatic carbocycles. The molecular weight excluding hydrogens is 402 g/mol. The van der Waals surface area contributed by atoms with E-state index in [0.717, 1.165) is 16.7 Å². The Hall–Kier alpha value is -3.25. The molecule has 156 valence electrons. The molecule has 3 aromatic rings. The van der Waals surface area contributed by atoms with Crippen LogP contribution in [0.15, 0.2) is 65.6 Å². The molecule has 7 heteroatoms. The van der Waals surface area contributed by atoms with Gasteiger partial charge in [-0.15, -0.1) is 0 Å². The van der Waals surface area contributed by atoms with Crippen LogP contribution in [0.2, 0.25) is 5.02 Å². The number of aromatic hydroxyl groups is 1. The molecule has 3 rings (SSSR count). The molecule has 6 nitrogen and oxygen atoms in total. The van der Waals surface area contributed by atoms with Crippen LogP contribution in [0.4, 0.5) is 10.5 Å². The van der Waals surface area contributed by atoms with Crippen molar-refractivity contribution in [3.8, 4) is 5.75 Å². The standard InChI is InChI=1S/C23H24ClN3O3/c1-3-19(16-10-8-15(2)9-11-16)25-23(30)26-21-20(28)12-13-27(22(21)29)14-17-6-4-5-7-18(17)24/h4-13,19,28H,3,14H2,1-2H3,(H2,25,26,30)/t19-/m0/s1. The Morgan fingerprint density at radius 3 is 2.50 bits per heavy atom. The van der Waals surface area contributed by atoms with Crippen LogP contribution in [0, 0.1) is 6.92 Å². The van der Waals surface area contributed by atoms with Gasteiger partial charge in [0.05, 0.1) is 12.6 Å². The maximum absolute atomic E-state index is 12.8. The summed E-state index contributed by atoms with van der Waals surface area (Å²) in [4.78, 5) is 25.4. The van der Waals surface area contributed by atoms with Crippen LogP contribution in [-0.2, 0) is 6.54 Å². The largest absolute Gasteiger partial charge is 0.505 e. The molecule has 0 aliphatic heterocycles. The molecule has 0 fully saturated rings. The molecule has 0 bridgehead atoms. The quantitative estimate of drug-likeness (QED) is 0.528. The Morgan fingerprint density at radius 1 is 1.13 bits per heavy atom. The number of rotatable bonds is 6. The number of hydrogen-bond donors (Lipinski definition) is 3. The van der Waals surface area contributed by atoms with Gasteiger partial charge < -0.3 is 20.3 Å². The van der Waals surface area contributed by atoms with Gasteiger partial charge in [-0.25, -0.2) is 4.79 Å². The van der Waals surface area contributed by atoms with E-state index in [9.17, 15) is 14.7 Å². The molecule has 0 aliphatic carbocycles. The Kier molecular flexibility index (Phi) is 6.79. The van der Waals surface area contributed by atoms with E-state index in [1.807, 2.05) is 50.2 Å². The number of aromatic nitrogens is 1. The number of halogens is 1. The number of nitrogens with zero attached hydrogens (tertiary/aromatic N) is 1. The summed E-state index contributed by atoms with van der Waals surface area (Å²) in [5.41, 5.74) is 2.15. The molecule has 30 heavy (non-hydrogen) atoms. The van der Waals surface area contributed by atoms with Crippen molar-refractivity contribution in [2.45, 2.75) is 32.9 Å². The van der Waals surface area contributed by atoms with Crippen molar-refractivity contribution in [1.29, 1.82) is 0 Å². The zero-order valence-electron chi connectivity index (χ0n) is 16.9. The van der Waals surface area contributed by atoms with E-state index < -0.39 is 11.6 Å². The van der Waals surface area contributed by atoms with Crippen molar-refractivity contribution in [3.63, 3.8) is 0 Å². The molecule has 0 spiro atoms. The van der Waals surface area contributed by atoms with Crippen LogP contribution in [0.5, 0.6) is 5.75 Å². The smallest absolute Gasteiger partial charge is 0.319 e. The van der Waals surface area contributed by atoms with E-state index in [4.69, 9.17) is 11.6 Å². The molecule has 1 heterocycles. The van der Waals surface area contributed by atoms with Crippen LogP contribution in [0.25, 0.3) is 0 Å². The minimum atomic E-state index is -0.565. The predicted octanol–water partition coefficient (Wildman–Crippen LogP) is 4.84. The van der Waals surface area contributed by atoms with Gasteiger partial charge in [0.15, 0.2) is 5.69 Å². The van der Waals surface area contributed by atoms with Gasteiger partial charge in [0, 0.05) is 11.2 Å². The third kappa shape index (κ3) is 5.02. The maximum Gasteiger partial charge on any atom is 0.319 e. The summed E-state index contributed by atoms with van der Waals surface area (Å²) in [5, 5.41) is 16.0. The van der Waals surface area contributed by atoms with Gasteiger partial charge in [0.2, 0.25) is 0 Å². The van der Waals surface area contributed by atoms with Crippen LogP contribution >= 0.6 is 11.6 Å². The number of benzene rings is 2. The van der Waals surface area contributed by atoms with Gasteiger partial charge in [-0.05, 0) is 36.6 Å². The van der Waals surface area contributed by atoms with E-state index >= 15 is 0 Å². The number of anilines is 1. The second-order valence-corrected chi connectivity index (χ2v) is 7.48. The number of hydrogen-bond acceptors (Lipinski definition) is 3. The van der Waals surface area contributed by atoms with E-state index in [0.29, 0.717) is 11.4 Å². The zero-order valence-corrected chi connectivity index (χ0v) is 17.6. The second-order valence-electron chi connectivity index (χ2n) is 7.07. The van der Waals surface area contributed by atoms with Gasteiger partial charge in [-0.1, -0.05) is 66.6 Å². The highest BCUT2D eigenvalue weighted by molar-refractivity contribution is 6.31. The number of aryl methyl sites for hydroxylation is 1. The van der Waals surface area contributed by atoms with Crippen LogP contribution < -0.4 is 16.2 Å². The second kappa shape index (κ2) is 9.50. The van der Waals surface area contributed by atoms with E-state index in [1.165, 1.54) is 16.8 Å². The fourth-order valence-electron chi connectivity index (χ4n) is 3.14. The van der Waals surface area contributed by atoms with Gasteiger partial charge in [0.25, 0.3) is 5.56 Å². The lowest BCUT2D eigenvalue weighted by molar-refractivity contribution is 0.248. The molecule has 0 saturated heterocycles. The minimum Gasteiger partial charge on any atom is -0.505 e. The molecule has 0 saturated carbocycles. The first-order valence-corrected chi connectivity index (χ1v) is 10.1. The number of amides is 2. The minimum absolute atomic E-state index is 0.180. The lowest BCUT2D eigenvalue weighted by atomic mass is 10.0. The normalized spacial score (nSPS) is 11.7. The molecule has 0 aliphatic rings. The topological polar surface area (TPSA) is 83.4 Å². The first-order valence-electron chi connectivity index (χ1n) is 9.69. The van der Waals surface area contributed by atoms with Crippen molar-refractivity contribution >= 4 is 23.3 Å². The number of carbonyl (C=O) groups is 1. The summed E-state index contributed by atoms with van der Waals surface area (Å²) >= 11 is 6.18. The summed E-state index contributed by atoms with van der Waals surface area (Å²) in [7, 11) is 0. The first kappa shape index (κ1) is 21.5. The molecule has 1 aromatic heterocycles. The van der Waals surface area contributed by atoms with Gasteiger partial charge >= 0.3 is 6.03 Å². The summed E-state index contributed by atoms with van der Waals surface area (Å²) in [6, 6.07) is 15.6. The molecule has 2 amide bonds. The fraction of sp³-hybridized carbons (Fsp3) is 0.217. The highest BCUT2D eigenvalue weighted by Crippen LogP contribution is 2.21. The fourth-order valence-corrected chi connectivity index (χ4v) is 3.34. The van der Waals surface area contributed by atoms with E-state index in [1.54, 1.807) is 12.1 Å². The first-order chi connectivity index (χ1) is 14.4. The Balaban J connectivity index is 1.78. The van der Waals surface area contributed by atoms with Crippen molar-refractivity contribution in [2.24, 2.45) is 0 Å². The van der Waals surface area contributed by atoms with Crippen molar-refractivity contribution in [1.82, 2.24) is 9.88 Å². The molecule has 0 unspecified atom stereocenters. The lowest BCUT2D eigenvalue weighted by Crippen LogP contribution is -2.35. The maximum atomic E-state index is 12.8. The monoisotopic (exact) mass is 425 g/mol. The number of carbonyl (C=O) groups excluding carboxylic acids is 1. The Bertz CT molecular complexity index is 1090.